The minimum atomic E-state index is -1.41. The normalized spacial score (nSPS) is 11.4. The van der Waals surface area contributed by atoms with Gasteiger partial charge in [0.05, 0.1) is 16.7 Å². The zero-order valence-electron chi connectivity index (χ0n) is 27.3. The smallest absolute Gasteiger partial charge is 0.490 e. The Kier molecular flexibility index (Phi) is 18.0. The highest BCUT2D eigenvalue weighted by molar-refractivity contribution is 6.59. The van der Waals surface area contributed by atoms with Gasteiger partial charge in [-0.1, -0.05) is 32.5 Å². The van der Waals surface area contributed by atoms with E-state index in [0.29, 0.717) is 22.1 Å². The van der Waals surface area contributed by atoms with Gasteiger partial charge in [0.2, 0.25) is 0 Å². The van der Waals surface area contributed by atoms with Crippen LogP contribution in [0, 0.1) is 13.8 Å². The number of halogens is 3. The summed E-state index contributed by atoms with van der Waals surface area (Å²) in [6.45, 7) is 2.06. The molecule has 4 aromatic heterocycles. The minimum Gasteiger partial charge on any atom is -0.491 e. The molecule has 0 saturated carbocycles. The molecular weight excluding hydrogens is 693 g/mol. The summed E-state index contributed by atoms with van der Waals surface area (Å²) in [5, 5.41) is 37.9. The van der Waals surface area contributed by atoms with E-state index in [4.69, 9.17) is 36.2 Å². The molecule has 0 saturated heterocycles. The van der Waals surface area contributed by atoms with E-state index in [-0.39, 0.29) is 28.1 Å². The second kappa shape index (κ2) is 21.5. The number of fused-ring (bicyclic) bond motifs is 2. The Labute approximate surface area is 307 Å². The first-order valence-electron chi connectivity index (χ1n) is 15.5. The highest BCUT2D eigenvalue weighted by Crippen LogP contribution is 2.26. The summed E-state index contributed by atoms with van der Waals surface area (Å²) >= 11 is 5.76. The molecular formula is C38H44BClF2N4O6. The highest BCUT2D eigenvalue weighted by Gasteiger charge is 2.12. The number of aromatic nitrogens is 4. The lowest BCUT2D eigenvalue weighted by molar-refractivity contribution is 0.0842. The van der Waals surface area contributed by atoms with Crippen LogP contribution in [0.15, 0.2) is 97.6 Å². The molecule has 4 heterocycles. The maximum Gasteiger partial charge on any atom is 0.490 e. The van der Waals surface area contributed by atoms with Gasteiger partial charge in [-0.15, -0.1) is 0 Å². The van der Waals surface area contributed by atoms with E-state index in [1.807, 2.05) is 43.3 Å². The van der Waals surface area contributed by atoms with Crippen molar-refractivity contribution in [1.82, 2.24) is 19.9 Å². The molecule has 0 aliphatic rings. The summed E-state index contributed by atoms with van der Waals surface area (Å²) in [5.74, 6) is 1.14. The SMILES string of the molecule is C.C.Cc1ccncc1-c1ccc2cc(OC[C@H](O)CF)ccc2n1.Cc1ccncc1B(O)O.O[C@H](CF)COc1ccc2nc(Cl)ccc2c1. The Morgan fingerprint density at radius 2 is 1.21 bits per heavy atom. The van der Waals surface area contributed by atoms with E-state index in [9.17, 15) is 13.9 Å². The number of aliphatic hydroxyl groups is 2. The van der Waals surface area contributed by atoms with Crippen molar-refractivity contribution in [2.45, 2.75) is 40.9 Å². The third kappa shape index (κ3) is 12.8. The number of ether oxygens (including phenoxy) is 2. The van der Waals surface area contributed by atoms with Gasteiger partial charge in [0.1, 0.15) is 55.4 Å². The van der Waals surface area contributed by atoms with E-state index >= 15 is 0 Å². The van der Waals surface area contributed by atoms with Gasteiger partial charge >= 0.3 is 7.12 Å². The second-order valence-corrected chi connectivity index (χ2v) is 11.5. The molecule has 0 aliphatic heterocycles. The third-order valence-electron chi connectivity index (χ3n) is 7.20. The van der Waals surface area contributed by atoms with Crippen LogP contribution >= 0.6 is 11.6 Å². The van der Waals surface area contributed by atoms with Crippen molar-refractivity contribution in [2.75, 3.05) is 26.6 Å². The van der Waals surface area contributed by atoms with Gasteiger partial charge < -0.3 is 29.7 Å². The van der Waals surface area contributed by atoms with Crippen molar-refractivity contribution in [3.05, 3.63) is 114 Å². The molecule has 10 nitrogen and oxygen atoms in total. The maximum absolute atomic E-state index is 12.2. The van der Waals surface area contributed by atoms with Crippen molar-refractivity contribution in [3.8, 4) is 22.8 Å². The van der Waals surface area contributed by atoms with Crippen molar-refractivity contribution >= 4 is 46.0 Å². The predicted octanol–water partition coefficient (Wildman–Crippen LogP) is 6.25. The van der Waals surface area contributed by atoms with Crippen LogP contribution in [0.25, 0.3) is 33.1 Å². The Bertz CT molecular complexity index is 1990. The van der Waals surface area contributed by atoms with Crippen molar-refractivity contribution < 1.29 is 38.5 Å². The summed E-state index contributed by atoms with van der Waals surface area (Å²) in [5.41, 5.74) is 5.88. The van der Waals surface area contributed by atoms with E-state index in [1.54, 1.807) is 61.9 Å². The Hall–Kier alpha value is -4.79. The molecule has 4 N–H and O–H groups in total. The topological polar surface area (TPSA) is 151 Å². The van der Waals surface area contributed by atoms with Crippen LogP contribution in [-0.2, 0) is 0 Å². The molecule has 0 aliphatic carbocycles. The van der Waals surface area contributed by atoms with Crippen LogP contribution in [0.4, 0.5) is 8.78 Å². The average molecular weight is 737 g/mol. The molecule has 6 aromatic rings. The Morgan fingerprint density at radius 3 is 1.71 bits per heavy atom. The van der Waals surface area contributed by atoms with E-state index < -0.39 is 32.7 Å². The minimum absolute atomic E-state index is 0. The first kappa shape index (κ1) is 43.4. The summed E-state index contributed by atoms with van der Waals surface area (Å²) < 4.78 is 34.9. The van der Waals surface area contributed by atoms with Gasteiger partial charge in [-0.05, 0) is 91.7 Å². The molecule has 0 unspecified atom stereocenters. The zero-order chi connectivity index (χ0) is 36.0. The second-order valence-electron chi connectivity index (χ2n) is 11.1. The van der Waals surface area contributed by atoms with E-state index in [1.165, 1.54) is 6.20 Å². The molecule has 6 rings (SSSR count). The Morgan fingerprint density at radius 1 is 0.692 bits per heavy atom. The fourth-order valence-electron chi connectivity index (χ4n) is 4.46. The predicted molar refractivity (Wildman–Crippen MR) is 204 cm³/mol. The molecule has 2 aromatic carbocycles. The van der Waals surface area contributed by atoms with Crippen LogP contribution in [0.1, 0.15) is 26.0 Å². The quantitative estimate of drug-likeness (QED) is 0.0939. The van der Waals surface area contributed by atoms with Crippen molar-refractivity contribution in [1.29, 1.82) is 0 Å². The van der Waals surface area contributed by atoms with E-state index in [0.717, 1.165) is 44.2 Å². The van der Waals surface area contributed by atoms with Gasteiger partial charge in [-0.25, -0.2) is 18.7 Å². The largest absolute Gasteiger partial charge is 0.491 e. The highest BCUT2D eigenvalue weighted by atomic mass is 35.5. The van der Waals surface area contributed by atoms with E-state index in [2.05, 4.69) is 19.9 Å². The maximum atomic E-state index is 12.2. The number of rotatable bonds is 10. The van der Waals surface area contributed by atoms with Crippen LogP contribution in [0.5, 0.6) is 11.5 Å². The van der Waals surface area contributed by atoms with Crippen LogP contribution in [0.2, 0.25) is 5.15 Å². The molecule has 2 atom stereocenters. The lowest BCUT2D eigenvalue weighted by Crippen LogP contribution is -2.32. The van der Waals surface area contributed by atoms with Gasteiger partial charge in [0.15, 0.2) is 0 Å². The summed E-state index contributed by atoms with van der Waals surface area (Å²) in [7, 11) is -1.41. The number of pyridine rings is 4. The summed E-state index contributed by atoms with van der Waals surface area (Å²) in [6, 6.07) is 21.8. The van der Waals surface area contributed by atoms with Gasteiger partial charge in [0, 0.05) is 46.6 Å². The molecule has 276 valence electrons. The number of aliphatic hydroxyl groups excluding tert-OH is 2. The number of hydrogen-bond acceptors (Lipinski definition) is 10. The fourth-order valence-corrected chi connectivity index (χ4v) is 4.62. The fraction of sp³-hybridized carbons (Fsp3) is 0.263. The van der Waals surface area contributed by atoms with Crippen LogP contribution < -0.4 is 14.9 Å². The third-order valence-corrected chi connectivity index (χ3v) is 7.41. The van der Waals surface area contributed by atoms with Crippen LogP contribution in [0.3, 0.4) is 0 Å². The lowest BCUT2D eigenvalue weighted by atomic mass is 9.79. The lowest BCUT2D eigenvalue weighted by Gasteiger charge is -2.10. The number of aryl methyl sites for hydroxylation is 2. The summed E-state index contributed by atoms with van der Waals surface area (Å²) in [4.78, 5) is 16.7. The molecule has 0 radical (unpaired) electrons. The summed E-state index contributed by atoms with van der Waals surface area (Å²) in [6.07, 6.45) is 4.43. The first-order chi connectivity index (χ1) is 24.1. The van der Waals surface area contributed by atoms with Gasteiger partial charge in [0.25, 0.3) is 0 Å². The first-order valence-corrected chi connectivity index (χ1v) is 15.8. The standard InChI is InChI=1S/C18H17FN2O2.C12H11ClFNO2.C6H8BNO2.2CH4/c1-12-6-7-20-10-16(12)18-4-2-13-8-15(3-5-17(13)21-18)23-11-14(22)9-19;13-12-4-1-8-5-10(2-3-11(8)15-12)17-7-9(16)6-14;1-5-2-3-8-4-6(5)7(9)10;;/h2-8,10,14,22H,9,11H2,1H3;1-5,9,16H,6-7H2;2-4,9-10H,1H3;2*1H4/t14-;9-;;;/m11.../s1. The molecule has 14 heteroatoms. The Balaban J connectivity index is 0.000000285. The molecule has 52 heavy (non-hydrogen) atoms. The van der Waals surface area contributed by atoms with Gasteiger partial charge in [-0.3, -0.25) is 9.97 Å². The number of nitrogens with zero attached hydrogens (tertiary/aromatic N) is 4. The van der Waals surface area contributed by atoms with Crippen molar-refractivity contribution in [2.24, 2.45) is 0 Å². The van der Waals surface area contributed by atoms with Crippen molar-refractivity contribution in [3.63, 3.8) is 0 Å². The average Bonchev–Trinajstić information content (AvgIpc) is 3.13. The molecule has 0 fully saturated rings. The molecule has 0 amide bonds. The number of alkyl halides is 2. The number of hydrogen-bond donors (Lipinski definition) is 4. The molecule has 0 bridgehead atoms. The monoisotopic (exact) mass is 736 g/mol. The molecule has 0 spiro atoms. The zero-order valence-corrected chi connectivity index (χ0v) is 28.1. The number of benzene rings is 2. The van der Waals surface area contributed by atoms with Gasteiger partial charge in [-0.2, -0.15) is 0 Å². The van der Waals surface area contributed by atoms with Crippen LogP contribution in [-0.4, -0.2) is 86.1 Å².